The number of nitrogens with zero attached hydrogens (tertiary/aromatic N) is 1. The lowest BCUT2D eigenvalue weighted by atomic mass is 10.1. The van der Waals surface area contributed by atoms with Crippen molar-refractivity contribution < 1.29 is 19.4 Å². The van der Waals surface area contributed by atoms with Gasteiger partial charge in [-0.15, -0.1) is 0 Å². The van der Waals surface area contributed by atoms with E-state index in [9.17, 15) is 14.4 Å². The second kappa shape index (κ2) is 7.58. The number of carboxylic acids is 1. The predicted molar refractivity (Wildman–Crippen MR) is 76.9 cm³/mol. The first-order valence-corrected chi connectivity index (χ1v) is 6.64. The van der Waals surface area contributed by atoms with Gasteiger partial charge >= 0.3 is 5.97 Å². The van der Waals surface area contributed by atoms with Crippen LogP contribution in [0.2, 0.25) is 0 Å². The van der Waals surface area contributed by atoms with Gasteiger partial charge in [0, 0.05) is 38.7 Å². The van der Waals surface area contributed by atoms with Gasteiger partial charge in [-0.1, -0.05) is 0 Å². The molecule has 21 heavy (non-hydrogen) atoms. The molecule has 0 unspecified atom stereocenters. The van der Waals surface area contributed by atoms with E-state index in [2.05, 4.69) is 5.32 Å². The quantitative estimate of drug-likeness (QED) is 0.728. The lowest BCUT2D eigenvalue weighted by Gasteiger charge is -2.13. The molecule has 1 aromatic heterocycles. The second-order valence-corrected chi connectivity index (χ2v) is 4.86. The van der Waals surface area contributed by atoms with Crippen LogP contribution in [-0.2, 0) is 4.74 Å². The predicted octanol–water partition coefficient (Wildman–Crippen LogP) is 0.894. The van der Waals surface area contributed by atoms with E-state index in [4.69, 9.17) is 9.84 Å². The Morgan fingerprint density at radius 1 is 1.33 bits per heavy atom. The summed E-state index contributed by atoms with van der Waals surface area (Å²) in [7, 11) is 1.56. The zero-order valence-electron chi connectivity index (χ0n) is 12.4. The van der Waals surface area contributed by atoms with E-state index in [1.54, 1.807) is 7.11 Å². The SMILES string of the molecule is COCCCNC(=O)c1cn(C(C)C)cc(C(=O)O)c1=O. The molecule has 0 saturated heterocycles. The zero-order chi connectivity index (χ0) is 16.0. The smallest absolute Gasteiger partial charge is 0.341 e. The number of ether oxygens (including phenoxy) is 1. The average Bonchev–Trinajstić information content (AvgIpc) is 2.43. The highest BCUT2D eigenvalue weighted by Gasteiger charge is 2.19. The molecule has 0 saturated carbocycles. The summed E-state index contributed by atoms with van der Waals surface area (Å²) in [5.41, 5.74) is -1.35. The van der Waals surface area contributed by atoms with Gasteiger partial charge in [0.15, 0.2) is 0 Å². The Bertz CT molecular complexity index is 577. The Balaban J connectivity index is 3.07. The molecule has 0 bridgehead atoms. The maximum absolute atomic E-state index is 12.0. The lowest BCUT2D eigenvalue weighted by molar-refractivity contribution is 0.0694. The number of methoxy groups -OCH3 is 1. The van der Waals surface area contributed by atoms with Crippen molar-refractivity contribution in [1.29, 1.82) is 0 Å². The van der Waals surface area contributed by atoms with Crippen molar-refractivity contribution in [3.63, 3.8) is 0 Å². The van der Waals surface area contributed by atoms with Crippen LogP contribution in [0, 0.1) is 0 Å². The van der Waals surface area contributed by atoms with Crippen LogP contribution in [0.1, 0.15) is 47.0 Å². The van der Waals surface area contributed by atoms with E-state index < -0.39 is 22.9 Å². The molecule has 0 spiro atoms. The number of aromatic nitrogens is 1. The summed E-state index contributed by atoms with van der Waals surface area (Å²) in [6, 6.07) is -0.0660. The number of aromatic carboxylic acids is 1. The van der Waals surface area contributed by atoms with Gasteiger partial charge in [-0.3, -0.25) is 9.59 Å². The molecule has 0 aliphatic rings. The average molecular weight is 296 g/mol. The number of carboxylic acid groups (broad SMARTS) is 1. The van der Waals surface area contributed by atoms with E-state index in [-0.39, 0.29) is 11.6 Å². The number of carbonyl (C=O) groups excluding carboxylic acids is 1. The Labute approximate surface area is 122 Å². The second-order valence-electron chi connectivity index (χ2n) is 4.86. The fourth-order valence-electron chi connectivity index (χ4n) is 1.72. The molecule has 0 radical (unpaired) electrons. The van der Waals surface area contributed by atoms with Crippen molar-refractivity contribution in [3.05, 3.63) is 33.7 Å². The van der Waals surface area contributed by atoms with Crippen LogP contribution in [0.5, 0.6) is 0 Å². The summed E-state index contributed by atoms with van der Waals surface area (Å²) in [5.74, 6) is -1.92. The van der Waals surface area contributed by atoms with Gasteiger partial charge in [-0.2, -0.15) is 0 Å². The van der Waals surface area contributed by atoms with Crippen molar-refractivity contribution in [3.8, 4) is 0 Å². The van der Waals surface area contributed by atoms with Gasteiger partial charge in [0.2, 0.25) is 5.43 Å². The number of hydrogen-bond donors (Lipinski definition) is 2. The van der Waals surface area contributed by atoms with E-state index in [1.165, 1.54) is 17.0 Å². The molecule has 0 atom stereocenters. The van der Waals surface area contributed by atoms with Crippen LogP contribution < -0.4 is 10.7 Å². The minimum Gasteiger partial charge on any atom is -0.477 e. The monoisotopic (exact) mass is 296 g/mol. The summed E-state index contributed by atoms with van der Waals surface area (Å²) in [5, 5.41) is 11.6. The maximum atomic E-state index is 12.0. The molecule has 1 amide bonds. The number of nitrogens with one attached hydrogen (secondary N) is 1. The first kappa shape index (κ1) is 16.9. The van der Waals surface area contributed by atoms with Gasteiger partial charge in [0.05, 0.1) is 0 Å². The number of carbonyl (C=O) groups is 2. The van der Waals surface area contributed by atoms with Gasteiger partial charge < -0.3 is 19.7 Å². The Kier molecular flexibility index (Phi) is 6.10. The van der Waals surface area contributed by atoms with Gasteiger partial charge in [0.1, 0.15) is 11.1 Å². The summed E-state index contributed by atoms with van der Waals surface area (Å²) >= 11 is 0. The van der Waals surface area contributed by atoms with Gasteiger partial charge in [-0.05, 0) is 20.3 Å². The third kappa shape index (κ3) is 4.42. The van der Waals surface area contributed by atoms with Crippen LogP contribution >= 0.6 is 0 Å². The molecular weight excluding hydrogens is 276 g/mol. The first-order valence-electron chi connectivity index (χ1n) is 6.64. The summed E-state index contributed by atoms with van der Waals surface area (Å²) in [6.45, 7) is 4.50. The fourth-order valence-corrected chi connectivity index (χ4v) is 1.72. The van der Waals surface area contributed by atoms with Crippen molar-refractivity contribution in [2.75, 3.05) is 20.3 Å². The number of pyridine rings is 1. The van der Waals surface area contributed by atoms with E-state index in [1.807, 2.05) is 13.8 Å². The largest absolute Gasteiger partial charge is 0.477 e. The molecule has 0 aliphatic heterocycles. The molecule has 0 aromatic carbocycles. The normalized spacial score (nSPS) is 10.7. The molecule has 116 valence electrons. The summed E-state index contributed by atoms with van der Waals surface area (Å²) in [4.78, 5) is 35.2. The Hall–Kier alpha value is -2.15. The van der Waals surface area contributed by atoms with Crippen molar-refractivity contribution in [2.24, 2.45) is 0 Å². The van der Waals surface area contributed by atoms with Crippen LogP contribution in [0.15, 0.2) is 17.2 Å². The number of amides is 1. The van der Waals surface area contributed by atoms with Crippen molar-refractivity contribution >= 4 is 11.9 Å². The highest BCUT2D eigenvalue weighted by atomic mass is 16.5. The van der Waals surface area contributed by atoms with Crippen molar-refractivity contribution in [1.82, 2.24) is 9.88 Å². The zero-order valence-corrected chi connectivity index (χ0v) is 12.4. The third-order valence-electron chi connectivity index (χ3n) is 2.93. The molecule has 2 N–H and O–H groups in total. The van der Waals surface area contributed by atoms with Crippen molar-refractivity contribution in [2.45, 2.75) is 26.3 Å². The molecule has 1 rings (SSSR count). The first-order chi connectivity index (χ1) is 9.88. The van der Waals surface area contributed by atoms with E-state index in [0.29, 0.717) is 19.6 Å². The third-order valence-corrected chi connectivity index (χ3v) is 2.93. The van der Waals surface area contributed by atoms with E-state index >= 15 is 0 Å². The standard InChI is InChI=1S/C14H20N2O5/c1-9(2)16-7-10(12(17)11(8-16)14(19)20)13(18)15-5-4-6-21-3/h7-9H,4-6H2,1-3H3,(H,15,18)(H,19,20). The molecular formula is C14H20N2O5. The van der Waals surface area contributed by atoms with Crippen LogP contribution in [0.4, 0.5) is 0 Å². The molecule has 1 aromatic rings. The molecule has 7 heteroatoms. The van der Waals surface area contributed by atoms with Crippen LogP contribution in [-0.4, -0.2) is 41.8 Å². The summed E-state index contributed by atoms with van der Waals surface area (Å²) < 4.78 is 6.40. The minimum absolute atomic E-state index is 0.0660. The van der Waals surface area contributed by atoms with E-state index in [0.717, 1.165) is 0 Å². The minimum atomic E-state index is -1.34. The lowest BCUT2D eigenvalue weighted by Crippen LogP contribution is -2.33. The Morgan fingerprint density at radius 3 is 2.48 bits per heavy atom. The number of hydrogen-bond acceptors (Lipinski definition) is 4. The van der Waals surface area contributed by atoms with Gasteiger partial charge in [0.25, 0.3) is 5.91 Å². The van der Waals surface area contributed by atoms with Crippen LogP contribution in [0.25, 0.3) is 0 Å². The van der Waals surface area contributed by atoms with Crippen LogP contribution in [0.3, 0.4) is 0 Å². The molecule has 1 heterocycles. The highest BCUT2D eigenvalue weighted by Crippen LogP contribution is 2.07. The van der Waals surface area contributed by atoms with Gasteiger partial charge in [-0.25, -0.2) is 4.79 Å². The molecule has 0 fully saturated rings. The number of rotatable bonds is 7. The maximum Gasteiger partial charge on any atom is 0.341 e. The fraction of sp³-hybridized carbons (Fsp3) is 0.500. The summed E-state index contributed by atoms with van der Waals surface area (Å²) in [6.07, 6.45) is 3.24. The molecule has 0 aliphatic carbocycles. The molecule has 7 nitrogen and oxygen atoms in total. The highest BCUT2D eigenvalue weighted by molar-refractivity contribution is 5.96. The Morgan fingerprint density at radius 2 is 1.95 bits per heavy atom. The topological polar surface area (TPSA) is 97.6 Å².